The van der Waals surface area contributed by atoms with E-state index in [1.54, 1.807) is 0 Å². The summed E-state index contributed by atoms with van der Waals surface area (Å²) in [5.41, 5.74) is 8.27. The van der Waals surface area contributed by atoms with E-state index in [-0.39, 0.29) is 11.9 Å². The van der Waals surface area contributed by atoms with Gasteiger partial charge in [-0.05, 0) is 35.4 Å². The molecule has 1 heterocycles. The van der Waals surface area contributed by atoms with Crippen LogP contribution in [0, 0.1) is 11.3 Å². The van der Waals surface area contributed by atoms with Crippen LogP contribution in [0.25, 0.3) is 0 Å². The van der Waals surface area contributed by atoms with Gasteiger partial charge in [0.15, 0.2) is 0 Å². The molecule has 1 aliphatic heterocycles. The molecular weight excluding hydrogens is 240 g/mol. The molecule has 4 heteroatoms. The maximum atomic E-state index is 12.0. The molecule has 1 fully saturated rings. The van der Waals surface area contributed by atoms with Gasteiger partial charge in [-0.15, -0.1) is 0 Å². The van der Waals surface area contributed by atoms with E-state index in [9.17, 15) is 4.79 Å². The quantitative estimate of drug-likeness (QED) is 0.853. The lowest BCUT2D eigenvalue weighted by molar-refractivity contribution is 0.0957. The van der Waals surface area contributed by atoms with E-state index in [4.69, 9.17) is 10.5 Å². The molecule has 2 aliphatic rings. The van der Waals surface area contributed by atoms with E-state index >= 15 is 0 Å². The number of carbonyl (C=O) groups excluding carboxylic acids is 1. The molecule has 3 N–H and O–H groups in total. The van der Waals surface area contributed by atoms with Gasteiger partial charge in [0.05, 0.1) is 12.1 Å². The smallest absolute Gasteiger partial charge is 0.255 e. The summed E-state index contributed by atoms with van der Waals surface area (Å²) >= 11 is 0. The number of ether oxygens (including phenoxy) is 1. The molecule has 1 aromatic carbocycles. The van der Waals surface area contributed by atoms with Gasteiger partial charge < -0.3 is 15.8 Å². The van der Waals surface area contributed by atoms with Crippen molar-refractivity contribution in [1.82, 2.24) is 5.32 Å². The Kier molecular flexibility index (Phi) is 2.78. The third kappa shape index (κ3) is 2.21. The molecule has 1 aromatic rings. The Morgan fingerprint density at radius 3 is 2.89 bits per heavy atom. The van der Waals surface area contributed by atoms with Crippen molar-refractivity contribution in [2.45, 2.75) is 26.3 Å². The second-order valence-electron chi connectivity index (χ2n) is 6.18. The van der Waals surface area contributed by atoms with Crippen molar-refractivity contribution in [2.24, 2.45) is 17.1 Å². The zero-order chi connectivity index (χ0) is 13.6. The Bertz CT molecular complexity index is 525. The topological polar surface area (TPSA) is 64.4 Å². The summed E-state index contributed by atoms with van der Waals surface area (Å²) in [6.45, 7) is 5.53. The number of amides is 1. The summed E-state index contributed by atoms with van der Waals surface area (Å²) in [5, 5.41) is 2.82. The molecule has 1 saturated carbocycles. The Labute approximate surface area is 113 Å². The van der Waals surface area contributed by atoms with E-state index in [1.807, 2.05) is 18.2 Å². The van der Waals surface area contributed by atoms with Crippen LogP contribution in [0.5, 0.6) is 5.75 Å². The highest BCUT2D eigenvalue weighted by Gasteiger charge is 2.49. The van der Waals surface area contributed by atoms with Gasteiger partial charge in [-0.2, -0.15) is 0 Å². The maximum Gasteiger partial charge on any atom is 0.255 e. The molecule has 1 amide bonds. The Morgan fingerprint density at radius 2 is 2.21 bits per heavy atom. The van der Waals surface area contributed by atoms with Crippen LogP contribution in [0.2, 0.25) is 0 Å². The first-order chi connectivity index (χ1) is 8.99. The fourth-order valence-electron chi connectivity index (χ4n) is 2.83. The highest BCUT2D eigenvalue weighted by Crippen LogP contribution is 2.57. The summed E-state index contributed by atoms with van der Waals surface area (Å²) in [6, 6.07) is 5.73. The van der Waals surface area contributed by atoms with E-state index in [2.05, 4.69) is 19.2 Å². The molecule has 102 valence electrons. The predicted molar refractivity (Wildman–Crippen MR) is 73.1 cm³/mol. The van der Waals surface area contributed by atoms with Crippen molar-refractivity contribution in [3.8, 4) is 5.75 Å². The number of rotatable bonds is 2. The fourth-order valence-corrected chi connectivity index (χ4v) is 2.83. The van der Waals surface area contributed by atoms with Crippen LogP contribution in [0.15, 0.2) is 18.2 Å². The molecule has 2 unspecified atom stereocenters. The number of carbonyl (C=O) groups is 1. The highest BCUT2D eigenvalue weighted by atomic mass is 16.5. The molecule has 3 rings (SSSR count). The average molecular weight is 260 g/mol. The van der Waals surface area contributed by atoms with Gasteiger partial charge in [-0.3, -0.25) is 4.79 Å². The maximum absolute atomic E-state index is 12.0. The molecule has 2 atom stereocenters. The van der Waals surface area contributed by atoms with E-state index in [1.165, 1.54) is 0 Å². The molecule has 0 radical (unpaired) electrons. The zero-order valence-electron chi connectivity index (χ0n) is 11.4. The summed E-state index contributed by atoms with van der Waals surface area (Å²) in [6.07, 6.45) is 1.15. The second-order valence-corrected chi connectivity index (χ2v) is 6.18. The third-order valence-corrected chi connectivity index (χ3v) is 4.30. The lowest BCUT2D eigenvalue weighted by atomic mass is 9.96. The SMILES string of the molecule is CC1(C)CC1C(N)c1ccc2c(c1)C(=O)NCCO2. The fraction of sp³-hybridized carbons (Fsp3) is 0.533. The van der Waals surface area contributed by atoms with Crippen LogP contribution in [0.1, 0.15) is 42.2 Å². The largest absolute Gasteiger partial charge is 0.491 e. The monoisotopic (exact) mass is 260 g/mol. The van der Waals surface area contributed by atoms with Crippen LogP contribution in [-0.2, 0) is 0 Å². The van der Waals surface area contributed by atoms with Gasteiger partial charge in [0.2, 0.25) is 0 Å². The minimum Gasteiger partial charge on any atom is -0.491 e. The van der Waals surface area contributed by atoms with Crippen molar-refractivity contribution in [1.29, 1.82) is 0 Å². The van der Waals surface area contributed by atoms with Crippen molar-refractivity contribution >= 4 is 5.91 Å². The number of nitrogens with one attached hydrogen (secondary N) is 1. The number of benzene rings is 1. The van der Waals surface area contributed by atoms with E-state index < -0.39 is 0 Å². The average Bonchev–Trinajstić information content (AvgIpc) is 3.06. The third-order valence-electron chi connectivity index (χ3n) is 4.30. The molecule has 0 aromatic heterocycles. The Hall–Kier alpha value is -1.55. The van der Waals surface area contributed by atoms with Crippen molar-refractivity contribution < 1.29 is 9.53 Å². The standard InChI is InChI=1S/C15H20N2O2/c1-15(2)8-11(15)13(16)9-3-4-12-10(7-9)14(18)17-5-6-19-12/h3-4,7,11,13H,5-6,8,16H2,1-2H3,(H,17,18). The van der Waals surface area contributed by atoms with Crippen LogP contribution in [0.3, 0.4) is 0 Å². The predicted octanol–water partition coefficient (Wildman–Crippen LogP) is 1.85. The Morgan fingerprint density at radius 1 is 1.47 bits per heavy atom. The molecule has 0 bridgehead atoms. The van der Waals surface area contributed by atoms with Crippen molar-refractivity contribution in [2.75, 3.05) is 13.2 Å². The summed E-state index contributed by atoms with van der Waals surface area (Å²) in [7, 11) is 0. The van der Waals surface area contributed by atoms with Gasteiger partial charge >= 0.3 is 0 Å². The first kappa shape index (κ1) is 12.5. The van der Waals surface area contributed by atoms with Gasteiger partial charge in [0.1, 0.15) is 12.4 Å². The van der Waals surface area contributed by atoms with Gasteiger partial charge in [0, 0.05) is 6.04 Å². The van der Waals surface area contributed by atoms with Crippen LogP contribution in [-0.4, -0.2) is 19.1 Å². The summed E-state index contributed by atoms with van der Waals surface area (Å²) < 4.78 is 5.55. The Balaban J connectivity index is 1.90. The van der Waals surface area contributed by atoms with Gasteiger partial charge in [-0.25, -0.2) is 0 Å². The molecule has 19 heavy (non-hydrogen) atoms. The summed E-state index contributed by atoms with van der Waals surface area (Å²) in [4.78, 5) is 12.0. The van der Waals surface area contributed by atoms with Gasteiger partial charge in [0.25, 0.3) is 5.91 Å². The van der Waals surface area contributed by atoms with Crippen molar-refractivity contribution in [3.05, 3.63) is 29.3 Å². The highest BCUT2D eigenvalue weighted by molar-refractivity contribution is 5.97. The molecule has 0 spiro atoms. The first-order valence-corrected chi connectivity index (χ1v) is 6.79. The number of hydrogen-bond donors (Lipinski definition) is 2. The summed E-state index contributed by atoms with van der Waals surface area (Å²) in [5.74, 6) is 1.08. The zero-order valence-corrected chi connectivity index (χ0v) is 11.4. The van der Waals surface area contributed by atoms with Crippen LogP contribution in [0.4, 0.5) is 0 Å². The molecular formula is C15H20N2O2. The first-order valence-electron chi connectivity index (χ1n) is 6.79. The lowest BCUT2D eigenvalue weighted by Crippen LogP contribution is -2.24. The van der Waals surface area contributed by atoms with Crippen molar-refractivity contribution in [3.63, 3.8) is 0 Å². The minimum atomic E-state index is -0.0726. The van der Waals surface area contributed by atoms with E-state index in [0.717, 1.165) is 12.0 Å². The molecule has 1 aliphatic carbocycles. The lowest BCUT2D eigenvalue weighted by Gasteiger charge is -2.16. The molecule has 4 nitrogen and oxygen atoms in total. The van der Waals surface area contributed by atoms with Crippen LogP contribution < -0.4 is 15.8 Å². The number of hydrogen-bond acceptors (Lipinski definition) is 3. The number of fused-ring (bicyclic) bond motifs is 1. The van der Waals surface area contributed by atoms with Gasteiger partial charge in [-0.1, -0.05) is 19.9 Å². The minimum absolute atomic E-state index is 0.00338. The van der Waals surface area contributed by atoms with Crippen LogP contribution >= 0.6 is 0 Å². The second kappa shape index (κ2) is 4.23. The molecule has 0 saturated heterocycles. The number of nitrogens with two attached hydrogens (primary N) is 1. The van der Waals surface area contributed by atoms with E-state index in [0.29, 0.717) is 35.8 Å². The normalized spacial score (nSPS) is 25.6.